The van der Waals surface area contributed by atoms with E-state index in [9.17, 15) is 0 Å². The molecule has 0 aliphatic carbocycles. The Bertz CT molecular complexity index is 563. The molecule has 104 valence electrons. The van der Waals surface area contributed by atoms with Crippen molar-refractivity contribution in [1.29, 1.82) is 0 Å². The van der Waals surface area contributed by atoms with Crippen molar-refractivity contribution in [3.05, 3.63) is 71.3 Å². The molecule has 0 heterocycles. The van der Waals surface area contributed by atoms with E-state index in [-0.39, 0.29) is 5.96 Å². The third-order valence-electron chi connectivity index (χ3n) is 2.92. The van der Waals surface area contributed by atoms with Gasteiger partial charge in [0.1, 0.15) is 0 Å². The zero-order chi connectivity index (χ0) is 14.2. The topological polar surface area (TPSA) is 73.6 Å². The first-order valence-electron chi connectivity index (χ1n) is 6.49. The van der Waals surface area contributed by atoms with Crippen LogP contribution in [0.2, 0.25) is 0 Å². The molecule has 0 unspecified atom stereocenters. The predicted octanol–water partition coefficient (Wildman–Crippen LogP) is 2.18. The number of hydrogen-bond donors (Lipinski definition) is 2. The number of rotatable bonds is 6. The van der Waals surface area contributed by atoms with E-state index in [1.54, 1.807) is 0 Å². The summed E-state index contributed by atoms with van der Waals surface area (Å²) in [6.07, 6.45) is 0. The fourth-order valence-electron chi connectivity index (χ4n) is 1.88. The molecular weight excluding hydrogens is 250 g/mol. The molecule has 2 aromatic carbocycles. The summed E-state index contributed by atoms with van der Waals surface area (Å²) < 4.78 is 5.74. The molecule has 0 aliphatic heterocycles. The van der Waals surface area contributed by atoms with Gasteiger partial charge in [0.25, 0.3) is 0 Å². The van der Waals surface area contributed by atoms with Crippen molar-refractivity contribution in [1.82, 2.24) is 0 Å². The van der Waals surface area contributed by atoms with Crippen molar-refractivity contribution in [3.8, 4) is 0 Å². The van der Waals surface area contributed by atoms with Gasteiger partial charge in [0.15, 0.2) is 5.96 Å². The SMILES string of the molecule is NC(N)=NCc1ccccc1COCc1ccccc1. The van der Waals surface area contributed by atoms with E-state index < -0.39 is 0 Å². The van der Waals surface area contributed by atoms with Crippen molar-refractivity contribution in [2.45, 2.75) is 19.8 Å². The lowest BCUT2D eigenvalue weighted by atomic mass is 10.1. The van der Waals surface area contributed by atoms with Crippen LogP contribution in [0.1, 0.15) is 16.7 Å². The number of aliphatic imine (C=N–C) groups is 1. The average molecular weight is 269 g/mol. The molecule has 0 radical (unpaired) electrons. The zero-order valence-electron chi connectivity index (χ0n) is 11.3. The minimum absolute atomic E-state index is 0.102. The molecule has 20 heavy (non-hydrogen) atoms. The highest BCUT2D eigenvalue weighted by molar-refractivity contribution is 5.75. The Kier molecular flexibility index (Phi) is 5.15. The molecule has 4 heteroatoms. The van der Waals surface area contributed by atoms with Gasteiger partial charge in [0, 0.05) is 0 Å². The summed E-state index contributed by atoms with van der Waals surface area (Å²) in [5, 5.41) is 0. The van der Waals surface area contributed by atoms with Crippen LogP contribution in [0.5, 0.6) is 0 Å². The van der Waals surface area contributed by atoms with Gasteiger partial charge in [0.2, 0.25) is 0 Å². The van der Waals surface area contributed by atoms with Crippen LogP contribution in [0.3, 0.4) is 0 Å². The van der Waals surface area contributed by atoms with Gasteiger partial charge in [-0.2, -0.15) is 0 Å². The standard InChI is InChI=1S/C16H19N3O/c17-16(18)19-10-14-8-4-5-9-15(14)12-20-11-13-6-2-1-3-7-13/h1-9H,10-12H2,(H4,17,18,19). The van der Waals surface area contributed by atoms with Crippen LogP contribution in [-0.2, 0) is 24.5 Å². The van der Waals surface area contributed by atoms with E-state index in [1.807, 2.05) is 54.6 Å². The Hall–Kier alpha value is -2.33. The predicted molar refractivity (Wildman–Crippen MR) is 80.9 cm³/mol. The first kappa shape index (κ1) is 14.1. The maximum atomic E-state index is 5.74. The van der Waals surface area contributed by atoms with E-state index in [1.165, 1.54) is 0 Å². The minimum atomic E-state index is 0.102. The monoisotopic (exact) mass is 269 g/mol. The molecule has 0 saturated heterocycles. The van der Waals surface area contributed by atoms with Crippen LogP contribution < -0.4 is 11.5 Å². The van der Waals surface area contributed by atoms with Crippen molar-refractivity contribution in [2.75, 3.05) is 0 Å². The summed E-state index contributed by atoms with van der Waals surface area (Å²) in [5.41, 5.74) is 14.1. The molecule has 0 amide bonds. The Morgan fingerprint density at radius 2 is 1.50 bits per heavy atom. The smallest absolute Gasteiger partial charge is 0.186 e. The molecule has 0 atom stereocenters. The average Bonchev–Trinajstić information content (AvgIpc) is 2.47. The Morgan fingerprint density at radius 3 is 2.20 bits per heavy atom. The van der Waals surface area contributed by atoms with Gasteiger partial charge in [-0.05, 0) is 16.7 Å². The highest BCUT2D eigenvalue weighted by Gasteiger charge is 2.01. The van der Waals surface area contributed by atoms with Gasteiger partial charge < -0.3 is 16.2 Å². The summed E-state index contributed by atoms with van der Waals surface area (Å²) in [6.45, 7) is 1.62. The van der Waals surface area contributed by atoms with E-state index >= 15 is 0 Å². The fourth-order valence-corrected chi connectivity index (χ4v) is 1.88. The van der Waals surface area contributed by atoms with Crippen molar-refractivity contribution >= 4 is 5.96 Å². The number of benzene rings is 2. The van der Waals surface area contributed by atoms with E-state index in [4.69, 9.17) is 16.2 Å². The van der Waals surface area contributed by atoms with Crippen LogP contribution in [0.25, 0.3) is 0 Å². The van der Waals surface area contributed by atoms with Crippen molar-refractivity contribution in [2.24, 2.45) is 16.5 Å². The first-order valence-corrected chi connectivity index (χ1v) is 6.49. The summed E-state index contributed by atoms with van der Waals surface area (Å²) in [6, 6.07) is 18.1. The summed E-state index contributed by atoms with van der Waals surface area (Å²) in [5.74, 6) is 0.102. The third-order valence-corrected chi connectivity index (χ3v) is 2.92. The van der Waals surface area contributed by atoms with E-state index in [2.05, 4.69) is 4.99 Å². The van der Waals surface area contributed by atoms with Crippen LogP contribution in [-0.4, -0.2) is 5.96 Å². The quantitative estimate of drug-likeness (QED) is 0.623. The third kappa shape index (κ3) is 4.40. The molecule has 0 fully saturated rings. The molecule has 0 saturated carbocycles. The summed E-state index contributed by atoms with van der Waals surface area (Å²) >= 11 is 0. The summed E-state index contributed by atoms with van der Waals surface area (Å²) in [4.78, 5) is 4.04. The maximum absolute atomic E-state index is 5.74. The number of nitrogens with two attached hydrogens (primary N) is 2. The minimum Gasteiger partial charge on any atom is -0.372 e. The summed E-state index contributed by atoms with van der Waals surface area (Å²) in [7, 11) is 0. The van der Waals surface area contributed by atoms with E-state index in [0.717, 1.165) is 16.7 Å². The van der Waals surface area contributed by atoms with Gasteiger partial charge in [-0.3, -0.25) is 0 Å². The lowest BCUT2D eigenvalue weighted by Gasteiger charge is -2.09. The molecule has 4 nitrogen and oxygen atoms in total. The molecular formula is C16H19N3O. The zero-order valence-corrected chi connectivity index (χ0v) is 11.3. The highest BCUT2D eigenvalue weighted by Crippen LogP contribution is 2.12. The molecule has 4 N–H and O–H groups in total. The van der Waals surface area contributed by atoms with Gasteiger partial charge in [-0.15, -0.1) is 0 Å². The Balaban J connectivity index is 1.94. The van der Waals surface area contributed by atoms with Gasteiger partial charge in [-0.1, -0.05) is 54.6 Å². The maximum Gasteiger partial charge on any atom is 0.186 e. The van der Waals surface area contributed by atoms with Crippen LogP contribution >= 0.6 is 0 Å². The normalized spacial score (nSPS) is 10.2. The number of hydrogen-bond acceptors (Lipinski definition) is 2. The molecule has 0 spiro atoms. The van der Waals surface area contributed by atoms with Gasteiger partial charge in [-0.25, -0.2) is 4.99 Å². The van der Waals surface area contributed by atoms with E-state index in [0.29, 0.717) is 19.8 Å². The second-order valence-electron chi connectivity index (χ2n) is 4.49. The van der Waals surface area contributed by atoms with Crippen molar-refractivity contribution in [3.63, 3.8) is 0 Å². The number of guanidine groups is 1. The fraction of sp³-hybridized carbons (Fsp3) is 0.188. The molecule has 0 aromatic heterocycles. The molecule has 2 aromatic rings. The molecule has 0 aliphatic rings. The van der Waals surface area contributed by atoms with Crippen LogP contribution in [0.4, 0.5) is 0 Å². The van der Waals surface area contributed by atoms with Crippen LogP contribution in [0, 0.1) is 0 Å². The first-order chi connectivity index (χ1) is 9.75. The largest absolute Gasteiger partial charge is 0.372 e. The second-order valence-corrected chi connectivity index (χ2v) is 4.49. The Morgan fingerprint density at radius 1 is 0.850 bits per heavy atom. The van der Waals surface area contributed by atoms with Gasteiger partial charge in [0.05, 0.1) is 19.8 Å². The van der Waals surface area contributed by atoms with Gasteiger partial charge >= 0.3 is 0 Å². The lowest BCUT2D eigenvalue weighted by Crippen LogP contribution is -2.22. The number of nitrogens with zero attached hydrogens (tertiary/aromatic N) is 1. The van der Waals surface area contributed by atoms with Crippen molar-refractivity contribution < 1.29 is 4.74 Å². The highest BCUT2D eigenvalue weighted by atomic mass is 16.5. The molecule has 0 bridgehead atoms. The second kappa shape index (κ2) is 7.31. The van der Waals surface area contributed by atoms with Crippen LogP contribution in [0.15, 0.2) is 59.6 Å². The number of ether oxygens (including phenoxy) is 1. The lowest BCUT2D eigenvalue weighted by molar-refractivity contribution is 0.106. The molecule has 2 rings (SSSR count). The Labute approximate surface area is 119 Å².